The first kappa shape index (κ1) is 13.5. The molecule has 0 unspecified atom stereocenters. The number of thioether (sulfide) groups is 1. The summed E-state index contributed by atoms with van der Waals surface area (Å²) >= 11 is 1.77. The lowest BCUT2D eigenvalue weighted by Crippen LogP contribution is -2.23. The van der Waals surface area contributed by atoms with Gasteiger partial charge >= 0.3 is 0 Å². The Morgan fingerprint density at radius 2 is 2.31 bits per heavy atom. The fourth-order valence-electron chi connectivity index (χ4n) is 1.26. The molecule has 0 spiro atoms. The van der Waals surface area contributed by atoms with Gasteiger partial charge in [0.1, 0.15) is 0 Å². The predicted octanol–water partition coefficient (Wildman–Crippen LogP) is 1.01. The van der Waals surface area contributed by atoms with Gasteiger partial charge in [0.2, 0.25) is 0 Å². The van der Waals surface area contributed by atoms with Gasteiger partial charge in [-0.25, -0.2) is 0 Å². The van der Waals surface area contributed by atoms with Crippen molar-refractivity contribution in [2.45, 2.75) is 26.0 Å². The SMILES string of the molecule is Cn1cc(CNCCSCC(C)(C)O)cn1. The lowest BCUT2D eigenvalue weighted by atomic mass is 10.2. The fourth-order valence-corrected chi connectivity index (χ4v) is 2.19. The van der Waals surface area contributed by atoms with E-state index in [1.807, 2.05) is 33.3 Å². The monoisotopic (exact) mass is 243 g/mol. The van der Waals surface area contributed by atoms with E-state index < -0.39 is 5.60 Å². The second-order valence-corrected chi connectivity index (χ2v) is 5.67. The van der Waals surface area contributed by atoms with E-state index >= 15 is 0 Å². The van der Waals surface area contributed by atoms with Crippen molar-refractivity contribution in [1.29, 1.82) is 0 Å². The molecule has 0 radical (unpaired) electrons. The maximum atomic E-state index is 9.50. The summed E-state index contributed by atoms with van der Waals surface area (Å²) in [6.45, 7) is 5.48. The summed E-state index contributed by atoms with van der Waals surface area (Å²) in [5, 5.41) is 17.0. The molecule has 0 bridgehead atoms. The molecule has 0 atom stereocenters. The molecular weight excluding hydrogens is 222 g/mol. The van der Waals surface area contributed by atoms with E-state index in [2.05, 4.69) is 10.4 Å². The van der Waals surface area contributed by atoms with Crippen molar-refractivity contribution in [3.63, 3.8) is 0 Å². The number of aliphatic hydroxyl groups is 1. The molecule has 0 aromatic carbocycles. The Morgan fingerprint density at radius 1 is 1.56 bits per heavy atom. The van der Waals surface area contributed by atoms with Gasteiger partial charge in [-0.1, -0.05) is 0 Å². The summed E-state index contributed by atoms with van der Waals surface area (Å²) in [6, 6.07) is 0. The second-order valence-electron chi connectivity index (χ2n) is 4.56. The van der Waals surface area contributed by atoms with Crippen molar-refractivity contribution in [2.75, 3.05) is 18.1 Å². The molecule has 0 amide bonds. The standard InChI is InChI=1S/C11H21N3OS/c1-11(2,15)9-16-5-4-12-6-10-7-13-14(3)8-10/h7-8,12,15H,4-6,9H2,1-3H3. The highest BCUT2D eigenvalue weighted by molar-refractivity contribution is 7.99. The quantitative estimate of drug-likeness (QED) is 0.702. The van der Waals surface area contributed by atoms with Crippen LogP contribution in [-0.4, -0.2) is 38.5 Å². The largest absolute Gasteiger partial charge is 0.390 e. The molecular formula is C11H21N3OS. The van der Waals surface area contributed by atoms with E-state index in [1.165, 1.54) is 5.56 Å². The summed E-state index contributed by atoms with van der Waals surface area (Å²) < 4.78 is 1.81. The normalized spacial score (nSPS) is 12.0. The molecule has 1 heterocycles. The van der Waals surface area contributed by atoms with Crippen LogP contribution < -0.4 is 5.32 Å². The number of hydrogen-bond donors (Lipinski definition) is 2. The predicted molar refractivity (Wildman–Crippen MR) is 68.5 cm³/mol. The molecule has 1 rings (SSSR count). The average molecular weight is 243 g/mol. The number of aryl methyl sites for hydroxylation is 1. The van der Waals surface area contributed by atoms with Gasteiger partial charge in [0.25, 0.3) is 0 Å². The van der Waals surface area contributed by atoms with E-state index in [9.17, 15) is 5.11 Å². The lowest BCUT2D eigenvalue weighted by molar-refractivity contribution is 0.107. The smallest absolute Gasteiger partial charge is 0.0681 e. The van der Waals surface area contributed by atoms with Crippen LogP contribution in [0.15, 0.2) is 12.4 Å². The van der Waals surface area contributed by atoms with Crippen LogP contribution in [0, 0.1) is 0 Å². The molecule has 4 nitrogen and oxygen atoms in total. The van der Waals surface area contributed by atoms with Gasteiger partial charge in [-0.2, -0.15) is 16.9 Å². The molecule has 0 saturated heterocycles. The first-order valence-corrected chi connectivity index (χ1v) is 6.61. The van der Waals surface area contributed by atoms with Crippen molar-refractivity contribution in [3.05, 3.63) is 18.0 Å². The minimum Gasteiger partial charge on any atom is -0.390 e. The minimum atomic E-state index is -0.561. The summed E-state index contributed by atoms with van der Waals surface area (Å²) in [6.07, 6.45) is 3.88. The van der Waals surface area contributed by atoms with E-state index in [0.29, 0.717) is 0 Å². The number of hydrogen-bond acceptors (Lipinski definition) is 4. The molecule has 0 aliphatic carbocycles. The maximum Gasteiger partial charge on any atom is 0.0681 e. The molecule has 0 aliphatic heterocycles. The van der Waals surface area contributed by atoms with Crippen LogP contribution in [0.5, 0.6) is 0 Å². The van der Waals surface area contributed by atoms with Crippen LogP contribution in [0.4, 0.5) is 0 Å². The molecule has 16 heavy (non-hydrogen) atoms. The van der Waals surface area contributed by atoms with Crippen LogP contribution in [0.3, 0.4) is 0 Å². The van der Waals surface area contributed by atoms with Crippen molar-refractivity contribution >= 4 is 11.8 Å². The van der Waals surface area contributed by atoms with Gasteiger partial charge in [-0.3, -0.25) is 4.68 Å². The third kappa shape index (κ3) is 6.15. The van der Waals surface area contributed by atoms with E-state index in [-0.39, 0.29) is 0 Å². The number of aromatic nitrogens is 2. The first-order chi connectivity index (χ1) is 7.47. The summed E-state index contributed by atoms with van der Waals surface area (Å²) in [7, 11) is 1.92. The van der Waals surface area contributed by atoms with E-state index in [0.717, 1.165) is 24.6 Å². The lowest BCUT2D eigenvalue weighted by Gasteiger charge is -2.15. The third-order valence-electron chi connectivity index (χ3n) is 1.97. The van der Waals surface area contributed by atoms with Crippen LogP contribution in [-0.2, 0) is 13.6 Å². The molecule has 92 valence electrons. The Kier molecular flexibility index (Phi) is 5.31. The summed E-state index contributed by atoms with van der Waals surface area (Å²) in [4.78, 5) is 0. The fraction of sp³-hybridized carbons (Fsp3) is 0.727. The van der Waals surface area contributed by atoms with Gasteiger partial charge < -0.3 is 10.4 Å². The van der Waals surface area contributed by atoms with Crippen molar-refractivity contribution in [3.8, 4) is 0 Å². The van der Waals surface area contributed by atoms with Crippen LogP contribution in [0.1, 0.15) is 19.4 Å². The van der Waals surface area contributed by atoms with E-state index in [4.69, 9.17) is 0 Å². The molecule has 1 aromatic heterocycles. The molecule has 0 saturated carbocycles. The maximum absolute atomic E-state index is 9.50. The molecule has 0 aliphatic rings. The van der Waals surface area contributed by atoms with Gasteiger partial charge in [0.05, 0.1) is 11.8 Å². The highest BCUT2D eigenvalue weighted by Crippen LogP contribution is 2.10. The third-order valence-corrected chi connectivity index (χ3v) is 3.37. The van der Waals surface area contributed by atoms with Gasteiger partial charge in [-0.05, 0) is 13.8 Å². The minimum absolute atomic E-state index is 0.561. The zero-order valence-corrected chi connectivity index (χ0v) is 11.0. The highest BCUT2D eigenvalue weighted by atomic mass is 32.2. The summed E-state index contributed by atoms with van der Waals surface area (Å²) in [5.41, 5.74) is 0.642. The Bertz CT molecular complexity index is 306. The number of nitrogens with one attached hydrogen (secondary N) is 1. The zero-order chi connectivity index (χ0) is 12.0. The van der Waals surface area contributed by atoms with Gasteiger partial charge in [0.15, 0.2) is 0 Å². The summed E-state index contributed by atoms with van der Waals surface area (Å²) in [5.74, 6) is 1.80. The highest BCUT2D eigenvalue weighted by Gasteiger charge is 2.11. The molecule has 2 N–H and O–H groups in total. The molecule has 1 aromatic rings. The number of nitrogens with zero attached hydrogens (tertiary/aromatic N) is 2. The Balaban J connectivity index is 2.00. The van der Waals surface area contributed by atoms with Gasteiger partial charge in [-0.15, -0.1) is 0 Å². The van der Waals surface area contributed by atoms with E-state index in [1.54, 1.807) is 16.4 Å². The topological polar surface area (TPSA) is 50.1 Å². The Morgan fingerprint density at radius 3 is 2.88 bits per heavy atom. The zero-order valence-electron chi connectivity index (χ0n) is 10.2. The van der Waals surface area contributed by atoms with Crippen LogP contribution in [0.2, 0.25) is 0 Å². The van der Waals surface area contributed by atoms with Crippen molar-refractivity contribution in [1.82, 2.24) is 15.1 Å². The van der Waals surface area contributed by atoms with Crippen LogP contribution >= 0.6 is 11.8 Å². The Hall–Kier alpha value is -0.520. The number of rotatable bonds is 7. The molecule has 5 heteroatoms. The van der Waals surface area contributed by atoms with Crippen molar-refractivity contribution in [2.24, 2.45) is 7.05 Å². The van der Waals surface area contributed by atoms with Crippen LogP contribution in [0.25, 0.3) is 0 Å². The molecule has 0 fully saturated rings. The van der Waals surface area contributed by atoms with Crippen molar-refractivity contribution < 1.29 is 5.11 Å². The Labute approximate surface area is 101 Å². The van der Waals surface area contributed by atoms with Gasteiger partial charge in [0, 0.05) is 43.4 Å². The average Bonchev–Trinajstić information content (AvgIpc) is 2.56. The second kappa shape index (κ2) is 6.27. The first-order valence-electron chi connectivity index (χ1n) is 5.46.